The molecule has 176 valence electrons. The first kappa shape index (κ1) is 24.4. The second kappa shape index (κ2) is 12.1. The summed E-state index contributed by atoms with van der Waals surface area (Å²) >= 11 is 6.19. The van der Waals surface area contributed by atoms with Crippen molar-refractivity contribution < 1.29 is 19.1 Å². The fraction of sp³-hybridized carbons (Fsp3) is 0.625. The summed E-state index contributed by atoms with van der Waals surface area (Å²) in [5, 5.41) is 6.44. The van der Waals surface area contributed by atoms with Gasteiger partial charge < -0.3 is 20.3 Å². The maximum atomic E-state index is 13.5. The highest BCUT2D eigenvalue weighted by atomic mass is 35.5. The molecule has 1 saturated heterocycles. The normalized spacial score (nSPS) is 19.9. The van der Waals surface area contributed by atoms with Crippen molar-refractivity contribution in [3.8, 4) is 0 Å². The quantitative estimate of drug-likeness (QED) is 0.615. The minimum atomic E-state index is -0.647. The zero-order valence-electron chi connectivity index (χ0n) is 18.8. The number of nitrogens with zero attached hydrogens (tertiary/aromatic N) is 1. The monoisotopic (exact) mass is 463 g/mol. The van der Waals surface area contributed by atoms with Crippen molar-refractivity contribution in [3.05, 3.63) is 34.9 Å². The van der Waals surface area contributed by atoms with Crippen molar-refractivity contribution >= 4 is 29.5 Å². The summed E-state index contributed by atoms with van der Waals surface area (Å²) in [7, 11) is 0. The van der Waals surface area contributed by atoms with Crippen LogP contribution in [0.1, 0.15) is 57.4 Å². The van der Waals surface area contributed by atoms with Crippen LogP contribution in [0.4, 0.5) is 4.79 Å². The maximum Gasteiger partial charge on any atom is 0.407 e. The third-order valence-electron chi connectivity index (χ3n) is 6.43. The second-order valence-electron chi connectivity index (χ2n) is 8.56. The van der Waals surface area contributed by atoms with E-state index in [9.17, 15) is 14.4 Å². The van der Waals surface area contributed by atoms with Crippen molar-refractivity contribution in [2.75, 3.05) is 19.7 Å². The lowest BCUT2D eigenvalue weighted by atomic mass is 9.83. The van der Waals surface area contributed by atoms with E-state index in [-0.39, 0.29) is 24.3 Å². The van der Waals surface area contributed by atoms with Crippen LogP contribution >= 0.6 is 11.6 Å². The van der Waals surface area contributed by atoms with Gasteiger partial charge in [-0.25, -0.2) is 4.79 Å². The van der Waals surface area contributed by atoms with Crippen molar-refractivity contribution in [2.24, 2.45) is 5.92 Å². The van der Waals surface area contributed by atoms with Crippen LogP contribution in [-0.2, 0) is 20.7 Å². The average Bonchev–Trinajstić information content (AvgIpc) is 3.29. The van der Waals surface area contributed by atoms with Gasteiger partial charge in [-0.05, 0) is 56.6 Å². The number of hydrogen-bond acceptors (Lipinski definition) is 4. The SMILES string of the molecule is CCOC(=O)N[C@H](C(=O)N1CCC[C@H]1C(=O)NCCc1ccccc1Cl)C1CCCCC1. The highest BCUT2D eigenvalue weighted by Crippen LogP contribution is 2.29. The summed E-state index contributed by atoms with van der Waals surface area (Å²) < 4.78 is 5.04. The lowest BCUT2D eigenvalue weighted by molar-refractivity contribution is -0.141. The van der Waals surface area contributed by atoms with E-state index in [1.54, 1.807) is 11.8 Å². The smallest absolute Gasteiger partial charge is 0.407 e. The fourth-order valence-electron chi connectivity index (χ4n) is 4.77. The van der Waals surface area contributed by atoms with Crippen LogP contribution in [-0.4, -0.2) is 54.6 Å². The molecular weight excluding hydrogens is 430 g/mol. The number of halogens is 1. The fourth-order valence-corrected chi connectivity index (χ4v) is 5.00. The van der Waals surface area contributed by atoms with Crippen LogP contribution in [0.2, 0.25) is 5.02 Å². The maximum absolute atomic E-state index is 13.5. The van der Waals surface area contributed by atoms with Crippen molar-refractivity contribution in [1.29, 1.82) is 0 Å². The summed E-state index contributed by atoms with van der Waals surface area (Å²) in [6.07, 6.45) is 6.48. The van der Waals surface area contributed by atoms with Gasteiger partial charge >= 0.3 is 6.09 Å². The number of carbonyl (C=O) groups is 3. The Hall–Kier alpha value is -2.28. The lowest BCUT2D eigenvalue weighted by Crippen LogP contribution is -2.56. The zero-order valence-corrected chi connectivity index (χ0v) is 19.5. The standard InChI is InChI=1S/C24H34ClN3O4/c1-2-32-24(31)27-21(18-10-4-3-5-11-18)23(30)28-16-8-13-20(28)22(29)26-15-14-17-9-6-7-12-19(17)25/h6-7,9,12,18,20-21H,2-5,8,10-11,13-16H2,1H3,(H,26,29)(H,27,31)/t20-,21-/m0/s1. The predicted molar refractivity (Wildman–Crippen MR) is 123 cm³/mol. The molecule has 0 spiro atoms. The molecule has 1 aliphatic heterocycles. The van der Waals surface area contributed by atoms with Crippen LogP contribution in [0.25, 0.3) is 0 Å². The molecule has 0 unspecified atom stereocenters. The molecule has 3 rings (SSSR count). The molecule has 1 heterocycles. The van der Waals surface area contributed by atoms with Gasteiger partial charge in [0.1, 0.15) is 12.1 Å². The van der Waals surface area contributed by atoms with Crippen molar-refractivity contribution in [2.45, 2.75) is 70.4 Å². The molecule has 1 aliphatic carbocycles. The highest BCUT2D eigenvalue weighted by molar-refractivity contribution is 6.31. The van der Waals surface area contributed by atoms with E-state index < -0.39 is 18.2 Å². The average molecular weight is 464 g/mol. The van der Waals surface area contributed by atoms with E-state index in [4.69, 9.17) is 16.3 Å². The van der Waals surface area contributed by atoms with E-state index in [1.807, 2.05) is 24.3 Å². The Morgan fingerprint density at radius 2 is 1.88 bits per heavy atom. The first-order chi connectivity index (χ1) is 15.5. The Morgan fingerprint density at radius 1 is 1.12 bits per heavy atom. The topological polar surface area (TPSA) is 87.7 Å². The molecule has 1 saturated carbocycles. The molecule has 8 heteroatoms. The molecule has 2 N–H and O–H groups in total. The molecule has 0 aromatic heterocycles. The number of hydrogen-bond donors (Lipinski definition) is 2. The van der Waals surface area contributed by atoms with Gasteiger partial charge in [0.25, 0.3) is 0 Å². The number of carbonyl (C=O) groups excluding carboxylic acids is 3. The van der Waals surface area contributed by atoms with E-state index in [1.165, 1.54) is 0 Å². The van der Waals surface area contributed by atoms with E-state index in [0.717, 1.165) is 44.1 Å². The van der Waals surface area contributed by atoms with Crippen LogP contribution in [0.5, 0.6) is 0 Å². The van der Waals surface area contributed by atoms with Crippen molar-refractivity contribution in [3.63, 3.8) is 0 Å². The minimum Gasteiger partial charge on any atom is -0.450 e. The van der Waals surface area contributed by atoms with Gasteiger partial charge in [0.15, 0.2) is 0 Å². The number of amides is 3. The van der Waals surface area contributed by atoms with Crippen LogP contribution in [0.3, 0.4) is 0 Å². The molecule has 1 aromatic rings. The molecule has 2 atom stereocenters. The molecule has 2 fully saturated rings. The molecule has 32 heavy (non-hydrogen) atoms. The number of rotatable bonds is 8. The Kier molecular flexibility index (Phi) is 9.21. The Morgan fingerprint density at radius 3 is 2.59 bits per heavy atom. The Labute approximate surface area is 195 Å². The van der Waals surface area contributed by atoms with Gasteiger partial charge in [0, 0.05) is 18.1 Å². The first-order valence-electron chi connectivity index (χ1n) is 11.8. The number of alkyl carbamates (subject to hydrolysis) is 1. The molecule has 0 bridgehead atoms. The summed E-state index contributed by atoms with van der Waals surface area (Å²) in [5.41, 5.74) is 0.977. The minimum absolute atomic E-state index is 0.0742. The van der Waals surface area contributed by atoms with Crippen LogP contribution < -0.4 is 10.6 Å². The number of nitrogens with one attached hydrogen (secondary N) is 2. The van der Waals surface area contributed by atoms with E-state index in [2.05, 4.69) is 10.6 Å². The molecule has 2 aliphatic rings. The number of ether oxygens (including phenoxy) is 1. The van der Waals surface area contributed by atoms with Crippen molar-refractivity contribution in [1.82, 2.24) is 15.5 Å². The third kappa shape index (κ3) is 6.37. The van der Waals surface area contributed by atoms with Gasteiger partial charge in [-0.2, -0.15) is 0 Å². The molecule has 7 nitrogen and oxygen atoms in total. The number of benzene rings is 1. The summed E-state index contributed by atoms with van der Waals surface area (Å²) in [5.74, 6) is -0.250. The summed E-state index contributed by atoms with van der Waals surface area (Å²) in [6, 6.07) is 6.41. The number of likely N-dealkylation sites (tertiary alicyclic amines) is 1. The second-order valence-corrected chi connectivity index (χ2v) is 8.97. The highest BCUT2D eigenvalue weighted by Gasteiger charge is 2.40. The summed E-state index contributed by atoms with van der Waals surface area (Å²) in [6.45, 7) is 2.96. The van der Waals surface area contributed by atoms with Crippen LogP contribution in [0, 0.1) is 5.92 Å². The molecular formula is C24H34ClN3O4. The molecule has 3 amide bonds. The van der Waals surface area contributed by atoms with Gasteiger partial charge in [-0.1, -0.05) is 49.1 Å². The van der Waals surface area contributed by atoms with Gasteiger partial charge in [0.2, 0.25) is 11.8 Å². The summed E-state index contributed by atoms with van der Waals surface area (Å²) in [4.78, 5) is 40.2. The largest absolute Gasteiger partial charge is 0.450 e. The van der Waals surface area contributed by atoms with Gasteiger partial charge in [0.05, 0.1) is 6.61 Å². The Bertz CT molecular complexity index is 797. The zero-order chi connectivity index (χ0) is 22.9. The van der Waals surface area contributed by atoms with E-state index >= 15 is 0 Å². The predicted octanol–water partition coefficient (Wildman–Crippen LogP) is 3.68. The first-order valence-corrected chi connectivity index (χ1v) is 12.1. The lowest BCUT2D eigenvalue weighted by Gasteiger charge is -2.34. The van der Waals surface area contributed by atoms with Crippen LogP contribution in [0.15, 0.2) is 24.3 Å². The van der Waals surface area contributed by atoms with E-state index in [0.29, 0.717) is 31.0 Å². The third-order valence-corrected chi connectivity index (χ3v) is 6.79. The molecule has 0 radical (unpaired) electrons. The Balaban J connectivity index is 1.62. The van der Waals surface area contributed by atoms with Gasteiger partial charge in [-0.3, -0.25) is 9.59 Å². The molecule has 1 aromatic carbocycles. The van der Waals surface area contributed by atoms with Gasteiger partial charge in [-0.15, -0.1) is 0 Å².